The molecule has 1 aliphatic rings. The summed E-state index contributed by atoms with van der Waals surface area (Å²) in [6.07, 6.45) is -0.236. The molecule has 92 valence electrons. The zero-order chi connectivity index (χ0) is 12.6. The summed E-state index contributed by atoms with van der Waals surface area (Å²) in [7, 11) is 1.17. The van der Waals surface area contributed by atoms with Crippen molar-refractivity contribution in [1.29, 1.82) is 0 Å². The molecule has 1 aromatic carbocycles. The first-order valence-corrected chi connectivity index (χ1v) is 5.23. The number of carbonyl (C=O) groups excluding carboxylic acids is 1. The van der Waals surface area contributed by atoms with Gasteiger partial charge in [0.25, 0.3) is 0 Å². The number of carbonyl (C=O) groups is 1. The number of benzene rings is 1. The lowest BCUT2D eigenvalue weighted by Gasteiger charge is -2.20. The predicted molar refractivity (Wildman–Crippen MR) is 55.3 cm³/mol. The van der Waals surface area contributed by atoms with Crippen LogP contribution in [0.4, 0.5) is 8.78 Å². The molecule has 0 bridgehead atoms. The van der Waals surface area contributed by atoms with Crippen molar-refractivity contribution in [1.82, 2.24) is 0 Å². The Morgan fingerprint density at radius 2 is 2.06 bits per heavy atom. The Morgan fingerprint density at radius 3 is 2.53 bits per heavy atom. The number of aliphatic hydroxyl groups excluding tert-OH is 1. The first-order chi connectivity index (χ1) is 8.01. The van der Waals surface area contributed by atoms with Crippen LogP contribution in [0.15, 0.2) is 18.2 Å². The smallest absolute Gasteiger partial charge is 0.335 e. The molecule has 1 unspecified atom stereocenters. The SMILES string of the molecule is COC(=O)C(O)C1(c2ccc(F)c(F)c2)CC1. The minimum Gasteiger partial charge on any atom is -0.467 e. The van der Waals surface area contributed by atoms with Crippen molar-refractivity contribution >= 4 is 5.97 Å². The van der Waals surface area contributed by atoms with E-state index in [1.165, 1.54) is 13.2 Å². The van der Waals surface area contributed by atoms with Crippen molar-refractivity contribution in [3.63, 3.8) is 0 Å². The van der Waals surface area contributed by atoms with Crippen molar-refractivity contribution in [2.24, 2.45) is 0 Å². The minimum absolute atomic E-state index is 0.425. The standard InChI is InChI=1S/C12H12F2O3/c1-17-11(16)10(15)12(4-5-12)7-2-3-8(13)9(14)6-7/h2-3,6,10,15H,4-5H2,1H3. The maximum Gasteiger partial charge on any atom is 0.335 e. The van der Waals surface area contributed by atoms with E-state index < -0.39 is 29.1 Å². The van der Waals surface area contributed by atoms with Crippen LogP contribution in [0, 0.1) is 11.6 Å². The van der Waals surface area contributed by atoms with E-state index in [0.717, 1.165) is 12.1 Å². The van der Waals surface area contributed by atoms with E-state index in [4.69, 9.17) is 0 Å². The van der Waals surface area contributed by atoms with Gasteiger partial charge in [0.05, 0.1) is 7.11 Å². The normalized spacial score (nSPS) is 18.6. The van der Waals surface area contributed by atoms with Crippen molar-refractivity contribution in [3.8, 4) is 0 Å². The molecule has 1 aromatic rings. The van der Waals surface area contributed by atoms with E-state index in [2.05, 4.69) is 4.74 Å². The highest BCUT2D eigenvalue weighted by Gasteiger charge is 2.54. The van der Waals surface area contributed by atoms with Gasteiger partial charge in [-0.15, -0.1) is 0 Å². The zero-order valence-electron chi connectivity index (χ0n) is 9.24. The van der Waals surface area contributed by atoms with Gasteiger partial charge in [0.1, 0.15) is 0 Å². The van der Waals surface area contributed by atoms with E-state index in [9.17, 15) is 18.7 Å². The third-order valence-corrected chi connectivity index (χ3v) is 3.23. The average Bonchev–Trinajstić information content (AvgIpc) is 3.12. The fourth-order valence-electron chi connectivity index (χ4n) is 2.00. The number of rotatable bonds is 3. The second-order valence-corrected chi connectivity index (χ2v) is 4.21. The molecule has 1 aliphatic carbocycles. The molecular formula is C12H12F2O3. The number of aliphatic hydroxyl groups is 1. The lowest BCUT2D eigenvalue weighted by atomic mass is 9.90. The number of methoxy groups -OCH3 is 1. The van der Waals surface area contributed by atoms with E-state index in [1.54, 1.807) is 0 Å². The fraction of sp³-hybridized carbons (Fsp3) is 0.417. The van der Waals surface area contributed by atoms with Crippen molar-refractivity contribution < 1.29 is 23.4 Å². The van der Waals surface area contributed by atoms with Gasteiger partial charge in [-0.1, -0.05) is 6.07 Å². The van der Waals surface area contributed by atoms with Gasteiger partial charge >= 0.3 is 5.97 Å². The quantitative estimate of drug-likeness (QED) is 0.818. The molecule has 0 radical (unpaired) electrons. The van der Waals surface area contributed by atoms with Crippen LogP contribution in [0.2, 0.25) is 0 Å². The highest BCUT2D eigenvalue weighted by molar-refractivity contribution is 5.77. The number of hydrogen-bond donors (Lipinski definition) is 1. The van der Waals surface area contributed by atoms with Crippen LogP contribution in [0.1, 0.15) is 18.4 Å². The summed E-state index contributed by atoms with van der Waals surface area (Å²) in [5.74, 6) is -2.69. The van der Waals surface area contributed by atoms with Crippen LogP contribution in [-0.4, -0.2) is 24.3 Å². The Bertz CT molecular complexity index is 455. The van der Waals surface area contributed by atoms with Crippen LogP contribution >= 0.6 is 0 Å². The predicted octanol–water partition coefficient (Wildman–Crippen LogP) is 1.53. The molecule has 0 amide bonds. The Hall–Kier alpha value is -1.49. The minimum atomic E-state index is -1.34. The van der Waals surface area contributed by atoms with E-state index in [0.29, 0.717) is 18.4 Å². The molecule has 0 aromatic heterocycles. The zero-order valence-corrected chi connectivity index (χ0v) is 9.24. The number of esters is 1. The van der Waals surface area contributed by atoms with Gasteiger partial charge in [0, 0.05) is 5.41 Å². The molecule has 0 aliphatic heterocycles. The molecular weight excluding hydrogens is 230 g/mol. The summed E-state index contributed by atoms with van der Waals surface area (Å²) >= 11 is 0. The van der Waals surface area contributed by atoms with Crippen molar-refractivity contribution in [2.45, 2.75) is 24.4 Å². The number of hydrogen-bond acceptors (Lipinski definition) is 3. The molecule has 1 atom stereocenters. The number of ether oxygens (including phenoxy) is 1. The Labute approximate surface area is 97.0 Å². The summed E-state index contributed by atoms with van der Waals surface area (Å²) < 4.78 is 30.4. The Morgan fingerprint density at radius 1 is 1.41 bits per heavy atom. The van der Waals surface area contributed by atoms with Gasteiger partial charge in [0.2, 0.25) is 0 Å². The average molecular weight is 242 g/mol. The van der Waals surface area contributed by atoms with Gasteiger partial charge in [-0.3, -0.25) is 0 Å². The first kappa shape index (κ1) is 12.0. The van der Waals surface area contributed by atoms with Gasteiger partial charge in [-0.05, 0) is 30.5 Å². The van der Waals surface area contributed by atoms with E-state index in [1.807, 2.05) is 0 Å². The highest BCUT2D eigenvalue weighted by atomic mass is 19.2. The van der Waals surface area contributed by atoms with Gasteiger partial charge < -0.3 is 9.84 Å². The Kier molecular flexibility index (Phi) is 2.87. The molecule has 17 heavy (non-hydrogen) atoms. The largest absolute Gasteiger partial charge is 0.467 e. The highest BCUT2D eigenvalue weighted by Crippen LogP contribution is 2.51. The molecule has 1 N–H and O–H groups in total. The lowest BCUT2D eigenvalue weighted by molar-refractivity contribution is -0.152. The van der Waals surface area contributed by atoms with Crippen LogP contribution in [0.5, 0.6) is 0 Å². The third kappa shape index (κ3) is 1.91. The van der Waals surface area contributed by atoms with E-state index in [-0.39, 0.29) is 0 Å². The second-order valence-electron chi connectivity index (χ2n) is 4.21. The summed E-state index contributed by atoms with van der Waals surface area (Å²) in [4.78, 5) is 11.3. The molecule has 1 fully saturated rings. The summed E-state index contributed by atoms with van der Waals surface area (Å²) in [6, 6.07) is 3.40. The van der Waals surface area contributed by atoms with Gasteiger partial charge in [-0.2, -0.15) is 0 Å². The monoisotopic (exact) mass is 242 g/mol. The van der Waals surface area contributed by atoms with Crippen LogP contribution in [0.25, 0.3) is 0 Å². The summed E-state index contributed by atoms with van der Waals surface area (Å²) in [5, 5.41) is 9.83. The maximum atomic E-state index is 13.1. The molecule has 5 heteroatoms. The summed E-state index contributed by atoms with van der Waals surface area (Å²) in [6.45, 7) is 0. The number of halogens is 2. The van der Waals surface area contributed by atoms with Crippen LogP contribution in [-0.2, 0) is 14.9 Å². The van der Waals surface area contributed by atoms with Crippen molar-refractivity contribution in [3.05, 3.63) is 35.4 Å². The van der Waals surface area contributed by atoms with Crippen LogP contribution < -0.4 is 0 Å². The molecule has 0 heterocycles. The maximum absolute atomic E-state index is 13.1. The molecule has 2 rings (SSSR count). The third-order valence-electron chi connectivity index (χ3n) is 3.23. The summed E-state index contributed by atoms with van der Waals surface area (Å²) in [5.41, 5.74) is -0.393. The molecule has 1 saturated carbocycles. The first-order valence-electron chi connectivity index (χ1n) is 5.23. The Balaban J connectivity index is 2.32. The van der Waals surface area contributed by atoms with Gasteiger partial charge in [-0.25, -0.2) is 13.6 Å². The van der Waals surface area contributed by atoms with Crippen LogP contribution in [0.3, 0.4) is 0 Å². The van der Waals surface area contributed by atoms with E-state index >= 15 is 0 Å². The van der Waals surface area contributed by atoms with Gasteiger partial charge in [0.15, 0.2) is 17.7 Å². The second kappa shape index (κ2) is 4.07. The fourth-order valence-corrected chi connectivity index (χ4v) is 2.00. The molecule has 0 spiro atoms. The molecule has 0 saturated heterocycles. The van der Waals surface area contributed by atoms with Crippen molar-refractivity contribution in [2.75, 3.05) is 7.11 Å². The lowest BCUT2D eigenvalue weighted by Crippen LogP contribution is -2.35. The topological polar surface area (TPSA) is 46.5 Å². The molecule has 3 nitrogen and oxygen atoms in total.